The second-order valence-corrected chi connectivity index (χ2v) is 4.12. The van der Waals surface area contributed by atoms with E-state index in [0.29, 0.717) is 18.4 Å². The number of hydrogen-bond donors (Lipinski definition) is 1. The molecular weight excluding hydrogens is 178 g/mol. The molecule has 76 valence electrons. The molecule has 1 N–H and O–H groups in total. The van der Waals surface area contributed by atoms with Crippen LogP contribution >= 0.6 is 0 Å². The van der Waals surface area contributed by atoms with Gasteiger partial charge in [-0.15, -0.1) is 0 Å². The number of hydrogen-bond acceptors (Lipinski definition) is 3. The number of rotatable bonds is 3. The lowest BCUT2D eigenvalue weighted by atomic mass is 10.3. The number of aromatic hydroxyl groups is 1. The van der Waals surface area contributed by atoms with Crippen LogP contribution in [-0.2, 0) is 0 Å². The Morgan fingerprint density at radius 1 is 1.64 bits per heavy atom. The first-order valence-electron chi connectivity index (χ1n) is 4.95. The zero-order chi connectivity index (χ0) is 10.1. The van der Waals surface area contributed by atoms with E-state index in [1.54, 1.807) is 12.3 Å². The van der Waals surface area contributed by atoms with E-state index in [1.807, 2.05) is 6.92 Å². The molecule has 3 nitrogen and oxygen atoms in total. The average Bonchev–Trinajstić information content (AvgIpc) is 2.80. The summed E-state index contributed by atoms with van der Waals surface area (Å²) in [6, 6.07) is 1.67. The van der Waals surface area contributed by atoms with Gasteiger partial charge in [-0.1, -0.05) is 6.92 Å². The summed E-state index contributed by atoms with van der Waals surface area (Å²) in [6.07, 6.45) is 2.93. The van der Waals surface area contributed by atoms with Gasteiger partial charge >= 0.3 is 0 Å². The van der Waals surface area contributed by atoms with Crippen molar-refractivity contribution in [3.63, 3.8) is 0 Å². The van der Waals surface area contributed by atoms with Crippen molar-refractivity contribution in [2.24, 2.45) is 11.8 Å². The lowest BCUT2D eigenvalue weighted by molar-refractivity contribution is 0.267. The molecule has 0 spiro atoms. The monoisotopic (exact) mass is 193 g/mol. The molecule has 0 amide bonds. The average molecular weight is 193 g/mol. The van der Waals surface area contributed by atoms with Gasteiger partial charge in [0.05, 0.1) is 6.61 Å². The summed E-state index contributed by atoms with van der Waals surface area (Å²) in [7, 11) is 0. The number of pyridine rings is 1. The molecule has 1 aromatic heterocycles. The van der Waals surface area contributed by atoms with E-state index in [9.17, 15) is 5.11 Å². The molecule has 1 aliphatic rings. The highest BCUT2D eigenvalue weighted by Gasteiger charge is 2.33. The number of aromatic nitrogens is 1. The Labute approximate surface area is 83.7 Å². The van der Waals surface area contributed by atoms with Gasteiger partial charge in [-0.05, 0) is 36.8 Å². The fourth-order valence-corrected chi connectivity index (χ4v) is 1.47. The molecule has 1 saturated carbocycles. The first kappa shape index (κ1) is 9.31. The Hall–Kier alpha value is -1.25. The maximum Gasteiger partial charge on any atom is 0.256 e. The molecule has 0 bridgehead atoms. The summed E-state index contributed by atoms with van der Waals surface area (Å²) in [5, 5.41) is 9.50. The molecule has 2 rings (SSSR count). The van der Waals surface area contributed by atoms with Crippen molar-refractivity contribution in [3.05, 3.63) is 17.8 Å². The molecule has 3 heteroatoms. The van der Waals surface area contributed by atoms with Crippen LogP contribution in [-0.4, -0.2) is 16.7 Å². The molecule has 2 unspecified atom stereocenters. The number of nitrogens with zero attached hydrogens (tertiary/aromatic N) is 1. The highest BCUT2D eigenvalue weighted by molar-refractivity contribution is 5.34. The maximum absolute atomic E-state index is 9.50. The van der Waals surface area contributed by atoms with Crippen LogP contribution in [0.4, 0.5) is 0 Å². The molecule has 1 heterocycles. The van der Waals surface area contributed by atoms with E-state index in [1.165, 1.54) is 6.42 Å². The Balaban J connectivity index is 1.95. The Bertz CT molecular complexity index is 338. The van der Waals surface area contributed by atoms with Gasteiger partial charge in [0.2, 0.25) is 0 Å². The van der Waals surface area contributed by atoms with E-state index >= 15 is 0 Å². The van der Waals surface area contributed by atoms with Crippen molar-refractivity contribution in [1.29, 1.82) is 0 Å². The zero-order valence-corrected chi connectivity index (χ0v) is 8.53. The smallest absolute Gasteiger partial charge is 0.256 e. The van der Waals surface area contributed by atoms with E-state index in [0.717, 1.165) is 11.5 Å². The van der Waals surface area contributed by atoms with Crippen molar-refractivity contribution in [3.8, 4) is 11.6 Å². The van der Waals surface area contributed by atoms with Crippen molar-refractivity contribution in [2.45, 2.75) is 20.3 Å². The molecule has 0 aromatic carbocycles. The Kier molecular flexibility index (Phi) is 2.32. The van der Waals surface area contributed by atoms with Gasteiger partial charge in [0.1, 0.15) is 0 Å². The number of ether oxygens (including phenoxy) is 1. The minimum atomic E-state index is 0.137. The van der Waals surface area contributed by atoms with Crippen LogP contribution in [0, 0.1) is 18.8 Å². The quantitative estimate of drug-likeness (QED) is 0.799. The maximum atomic E-state index is 9.50. The highest BCUT2D eigenvalue weighted by atomic mass is 16.5. The lowest BCUT2D eigenvalue weighted by Crippen LogP contribution is -2.02. The standard InChI is InChI=1S/C11H15NO2/c1-7-3-10(13)11(12-5-7)14-6-9-4-8(9)2/h3,5,8-9,13H,4,6H2,1-2H3. The molecule has 14 heavy (non-hydrogen) atoms. The largest absolute Gasteiger partial charge is 0.503 e. The minimum absolute atomic E-state index is 0.137. The predicted molar refractivity (Wildman–Crippen MR) is 53.4 cm³/mol. The Morgan fingerprint density at radius 2 is 2.36 bits per heavy atom. The van der Waals surface area contributed by atoms with Crippen LogP contribution in [0.2, 0.25) is 0 Å². The molecule has 2 atom stereocenters. The molecule has 0 aliphatic heterocycles. The molecule has 0 saturated heterocycles. The molecular formula is C11H15NO2. The van der Waals surface area contributed by atoms with E-state index in [-0.39, 0.29) is 5.75 Å². The Morgan fingerprint density at radius 3 is 2.93 bits per heavy atom. The van der Waals surface area contributed by atoms with Gasteiger partial charge in [-0.2, -0.15) is 0 Å². The van der Waals surface area contributed by atoms with Gasteiger partial charge in [0.25, 0.3) is 5.88 Å². The first-order valence-corrected chi connectivity index (χ1v) is 4.95. The fourth-order valence-electron chi connectivity index (χ4n) is 1.47. The van der Waals surface area contributed by atoms with Crippen LogP contribution < -0.4 is 4.74 Å². The number of aryl methyl sites for hydroxylation is 1. The topological polar surface area (TPSA) is 42.4 Å². The molecule has 1 fully saturated rings. The van der Waals surface area contributed by atoms with E-state index in [4.69, 9.17) is 4.74 Å². The summed E-state index contributed by atoms with van der Waals surface area (Å²) in [5.74, 6) is 1.91. The minimum Gasteiger partial charge on any atom is -0.503 e. The fraction of sp³-hybridized carbons (Fsp3) is 0.545. The summed E-state index contributed by atoms with van der Waals surface area (Å²) < 4.78 is 5.42. The third-order valence-electron chi connectivity index (χ3n) is 2.68. The van der Waals surface area contributed by atoms with Crippen LogP contribution in [0.15, 0.2) is 12.3 Å². The van der Waals surface area contributed by atoms with Crippen LogP contribution in [0.5, 0.6) is 11.6 Å². The molecule has 0 radical (unpaired) electrons. The van der Waals surface area contributed by atoms with E-state index < -0.39 is 0 Å². The van der Waals surface area contributed by atoms with Gasteiger partial charge in [-0.3, -0.25) is 0 Å². The van der Waals surface area contributed by atoms with Gasteiger partial charge in [-0.25, -0.2) is 4.98 Å². The van der Waals surface area contributed by atoms with E-state index in [2.05, 4.69) is 11.9 Å². The third kappa shape index (κ3) is 1.97. The second kappa shape index (κ2) is 3.48. The first-order chi connectivity index (χ1) is 6.66. The molecule has 1 aliphatic carbocycles. The van der Waals surface area contributed by atoms with Crippen LogP contribution in [0.25, 0.3) is 0 Å². The van der Waals surface area contributed by atoms with Gasteiger partial charge < -0.3 is 9.84 Å². The lowest BCUT2D eigenvalue weighted by Gasteiger charge is -2.06. The normalized spacial score (nSPS) is 24.7. The van der Waals surface area contributed by atoms with Crippen molar-refractivity contribution in [1.82, 2.24) is 4.98 Å². The zero-order valence-electron chi connectivity index (χ0n) is 8.53. The van der Waals surface area contributed by atoms with Crippen molar-refractivity contribution in [2.75, 3.05) is 6.61 Å². The van der Waals surface area contributed by atoms with Crippen molar-refractivity contribution >= 4 is 0 Å². The van der Waals surface area contributed by atoms with Crippen molar-refractivity contribution < 1.29 is 9.84 Å². The molecule has 1 aromatic rings. The van der Waals surface area contributed by atoms with Gasteiger partial charge in [0.15, 0.2) is 5.75 Å². The second-order valence-electron chi connectivity index (χ2n) is 4.12. The van der Waals surface area contributed by atoms with Crippen LogP contribution in [0.1, 0.15) is 18.9 Å². The SMILES string of the molecule is Cc1cnc(OCC2CC2C)c(O)c1. The van der Waals surface area contributed by atoms with Gasteiger partial charge in [0, 0.05) is 6.20 Å². The summed E-state index contributed by atoms with van der Waals surface area (Å²) in [5.41, 5.74) is 0.939. The summed E-state index contributed by atoms with van der Waals surface area (Å²) >= 11 is 0. The summed E-state index contributed by atoms with van der Waals surface area (Å²) in [4.78, 5) is 4.03. The van der Waals surface area contributed by atoms with Crippen LogP contribution in [0.3, 0.4) is 0 Å². The highest BCUT2D eigenvalue weighted by Crippen LogP contribution is 2.38. The summed E-state index contributed by atoms with van der Waals surface area (Å²) in [6.45, 7) is 4.76. The third-order valence-corrected chi connectivity index (χ3v) is 2.68. The predicted octanol–water partition coefficient (Wildman–Crippen LogP) is 2.13.